The lowest BCUT2D eigenvalue weighted by atomic mass is 10.1. The van der Waals surface area contributed by atoms with E-state index in [9.17, 15) is 0 Å². The number of hydrogen-bond donors (Lipinski definition) is 2. The summed E-state index contributed by atoms with van der Waals surface area (Å²) in [5.41, 5.74) is 2.06. The molecular weight excluding hydrogens is 519 g/mol. The summed E-state index contributed by atoms with van der Waals surface area (Å²) in [5.74, 6) is 2.08. The lowest BCUT2D eigenvalue weighted by Crippen LogP contribution is -2.38. The van der Waals surface area contributed by atoms with Gasteiger partial charge in [0.1, 0.15) is 12.4 Å². The van der Waals surface area contributed by atoms with Crippen LogP contribution in [0.15, 0.2) is 41.5 Å². The SMILES string of the molecule is CCNC(=NCc1ccc(OCCOC)nc1)NCCc1ccc(OC)cc1Cl.I. The lowest BCUT2D eigenvalue weighted by molar-refractivity contribution is 0.143. The summed E-state index contributed by atoms with van der Waals surface area (Å²) >= 11 is 6.30. The normalized spacial score (nSPS) is 10.9. The maximum Gasteiger partial charge on any atom is 0.213 e. The molecule has 0 fully saturated rings. The zero-order chi connectivity index (χ0) is 20.9. The van der Waals surface area contributed by atoms with E-state index in [0.717, 1.165) is 35.8 Å². The summed E-state index contributed by atoms with van der Waals surface area (Å²) in [4.78, 5) is 8.90. The number of nitrogens with one attached hydrogen (secondary N) is 2. The van der Waals surface area contributed by atoms with Crippen molar-refractivity contribution >= 4 is 41.5 Å². The lowest BCUT2D eigenvalue weighted by Gasteiger charge is -2.12. The van der Waals surface area contributed by atoms with Crippen LogP contribution in [0.5, 0.6) is 11.6 Å². The number of nitrogens with zero attached hydrogens (tertiary/aromatic N) is 2. The number of ether oxygens (including phenoxy) is 3. The summed E-state index contributed by atoms with van der Waals surface area (Å²) in [5, 5.41) is 7.28. The van der Waals surface area contributed by atoms with Gasteiger partial charge in [-0.25, -0.2) is 9.98 Å². The van der Waals surface area contributed by atoms with Crippen LogP contribution < -0.4 is 20.1 Å². The van der Waals surface area contributed by atoms with Crippen molar-refractivity contribution in [1.29, 1.82) is 0 Å². The van der Waals surface area contributed by atoms with E-state index in [1.54, 1.807) is 20.4 Å². The number of halogens is 2. The van der Waals surface area contributed by atoms with Gasteiger partial charge in [0, 0.05) is 37.5 Å². The van der Waals surface area contributed by atoms with Crippen LogP contribution in [-0.2, 0) is 17.7 Å². The Morgan fingerprint density at radius 1 is 1.13 bits per heavy atom. The highest BCUT2D eigenvalue weighted by Crippen LogP contribution is 2.22. The molecule has 0 atom stereocenters. The number of aliphatic imine (C=N–C) groups is 1. The fraction of sp³-hybridized carbons (Fsp3) is 0.429. The van der Waals surface area contributed by atoms with Crippen molar-refractivity contribution in [2.75, 3.05) is 40.5 Å². The van der Waals surface area contributed by atoms with Crippen LogP contribution in [-0.4, -0.2) is 51.5 Å². The van der Waals surface area contributed by atoms with Gasteiger partial charge < -0.3 is 24.8 Å². The number of aromatic nitrogens is 1. The maximum atomic E-state index is 6.30. The Kier molecular flexibility index (Phi) is 13.2. The molecule has 166 valence electrons. The van der Waals surface area contributed by atoms with Crippen molar-refractivity contribution in [1.82, 2.24) is 15.6 Å². The van der Waals surface area contributed by atoms with E-state index < -0.39 is 0 Å². The van der Waals surface area contributed by atoms with Gasteiger partial charge in [-0.3, -0.25) is 0 Å². The Labute approximate surface area is 200 Å². The maximum absolute atomic E-state index is 6.30. The molecule has 0 saturated carbocycles. The Bertz CT molecular complexity index is 775. The molecule has 0 amide bonds. The largest absolute Gasteiger partial charge is 0.497 e. The van der Waals surface area contributed by atoms with Crippen molar-refractivity contribution in [2.24, 2.45) is 4.99 Å². The second-order valence-electron chi connectivity index (χ2n) is 6.18. The van der Waals surface area contributed by atoms with Gasteiger partial charge in [-0.2, -0.15) is 0 Å². The average molecular weight is 549 g/mol. The Morgan fingerprint density at radius 2 is 1.97 bits per heavy atom. The standard InChI is InChI=1S/C21H29ClN4O3.HI/c1-4-23-21(24-10-9-17-6-7-18(28-3)13-19(17)22)26-15-16-5-8-20(25-14-16)29-12-11-27-2;/h5-8,13-14H,4,9-12,15H2,1-3H3,(H2,23,24,26);1H. The monoisotopic (exact) mass is 548 g/mol. The molecule has 0 aliphatic rings. The van der Waals surface area contributed by atoms with Crippen molar-refractivity contribution in [3.63, 3.8) is 0 Å². The summed E-state index contributed by atoms with van der Waals surface area (Å²) in [6, 6.07) is 9.52. The highest BCUT2D eigenvalue weighted by atomic mass is 127. The van der Waals surface area contributed by atoms with E-state index >= 15 is 0 Å². The molecule has 2 aromatic rings. The van der Waals surface area contributed by atoms with Crippen molar-refractivity contribution < 1.29 is 14.2 Å². The molecule has 0 radical (unpaired) electrons. The Hall–Kier alpha value is -1.78. The Morgan fingerprint density at radius 3 is 2.60 bits per heavy atom. The fourth-order valence-electron chi connectivity index (χ4n) is 2.50. The molecule has 9 heteroatoms. The zero-order valence-corrected chi connectivity index (χ0v) is 20.7. The van der Waals surface area contributed by atoms with Crippen molar-refractivity contribution in [3.05, 3.63) is 52.7 Å². The van der Waals surface area contributed by atoms with E-state index in [1.165, 1.54) is 0 Å². The van der Waals surface area contributed by atoms with E-state index in [-0.39, 0.29) is 24.0 Å². The third kappa shape index (κ3) is 9.36. The second kappa shape index (κ2) is 15.1. The Balaban J connectivity index is 0.00000450. The molecule has 0 unspecified atom stereocenters. The first kappa shape index (κ1) is 26.3. The zero-order valence-electron chi connectivity index (χ0n) is 17.6. The van der Waals surface area contributed by atoms with Crippen LogP contribution in [0.4, 0.5) is 0 Å². The first-order valence-electron chi connectivity index (χ1n) is 9.57. The molecule has 0 spiro atoms. The summed E-state index contributed by atoms with van der Waals surface area (Å²) < 4.78 is 15.6. The molecule has 0 saturated heterocycles. The van der Waals surface area contributed by atoms with Gasteiger partial charge in [-0.15, -0.1) is 24.0 Å². The number of pyridine rings is 1. The quantitative estimate of drug-likeness (QED) is 0.193. The predicted octanol–water partition coefficient (Wildman–Crippen LogP) is 3.68. The van der Waals surface area contributed by atoms with Crippen LogP contribution in [0, 0.1) is 0 Å². The average Bonchev–Trinajstić information content (AvgIpc) is 2.74. The minimum Gasteiger partial charge on any atom is -0.497 e. The van der Waals surface area contributed by atoms with Crippen LogP contribution in [0.1, 0.15) is 18.1 Å². The minimum absolute atomic E-state index is 0. The molecule has 1 heterocycles. The van der Waals surface area contributed by atoms with Gasteiger partial charge in [0.15, 0.2) is 5.96 Å². The molecular formula is C21H30ClIN4O3. The molecule has 7 nitrogen and oxygen atoms in total. The van der Waals surface area contributed by atoms with Crippen molar-refractivity contribution in [3.8, 4) is 11.6 Å². The first-order chi connectivity index (χ1) is 14.2. The molecule has 0 aliphatic carbocycles. The van der Waals surface area contributed by atoms with Gasteiger partial charge in [0.05, 0.1) is 20.3 Å². The third-order valence-electron chi connectivity index (χ3n) is 4.05. The number of benzene rings is 1. The van der Waals surface area contributed by atoms with E-state index in [2.05, 4.69) is 20.6 Å². The van der Waals surface area contributed by atoms with Crippen LogP contribution in [0.2, 0.25) is 5.02 Å². The predicted molar refractivity (Wildman–Crippen MR) is 132 cm³/mol. The number of rotatable bonds is 11. The molecule has 30 heavy (non-hydrogen) atoms. The molecule has 0 aliphatic heterocycles. The highest BCUT2D eigenvalue weighted by molar-refractivity contribution is 14.0. The van der Waals surface area contributed by atoms with Gasteiger partial charge >= 0.3 is 0 Å². The number of guanidine groups is 1. The molecule has 2 N–H and O–H groups in total. The topological polar surface area (TPSA) is 77.0 Å². The fourth-order valence-corrected chi connectivity index (χ4v) is 2.77. The first-order valence-corrected chi connectivity index (χ1v) is 9.95. The summed E-state index contributed by atoms with van der Waals surface area (Å²) in [6.07, 6.45) is 2.55. The summed E-state index contributed by atoms with van der Waals surface area (Å²) in [7, 11) is 3.27. The van der Waals surface area contributed by atoms with Crippen LogP contribution in [0.3, 0.4) is 0 Å². The van der Waals surface area contributed by atoms with Gasteiger partial charge in [-0.1, -0.05) is 23.7 Å². The van der Waals surface area contributed by atoms with Gasteiger partial charge in [0.2, 0.25) is 5.88 Å². The number of methoxy groups -OCH3 is 2. The van der Waals surface area contributed by atoms with E-state index in [1.807, 2.05) is 37.3 Å². The second-order valence-corrected chi connectivity index (χ2v) is 6.58. The minimum atomic E-state index is 0. The molecule has 1 aromatic carbocycles. The summed E-state index contributed by atoms with van der Waals surface area (Å²) in [6.45, 7) is 5.05. The van der Waals surface area contributed by atoms with Gasteiger partial charge in [0.25, 0.3) is 0 Å². The van der Waals surface area contributed by atoms with Crippen LogP contribution in [0.25, 0.3) is 0 Å². The molecule has 2 rings (SSSR count). The van der Waals surface area contributed by atoms with Gasteiger partial charge in [-0.05, 0) is 36.6 Å². The van der Waals surface area contributed by atoms with E-state index in [4.69, 9.17) is 25.8 Å². The molecule has 0 bridgehead atoms. The third-order valence-corrected chi connectivity index (χ3v) is 4.40. The highest BCUT2D eigenvalue weighted by Gasteiger charge is 2.04. The van der Waals surface area contributed by atoms with E-state index in [0.29, 0.717) is 37.2 Å². The number of hydrogen-bond acceptors (Lipinski definition) is 5. The van der Waals surface area contributed by atoms with Crippen LogP contribution >= 0.6 is 35.6 Å². The molecule has 1 aromatic heterocycles. The van der Waals surface area contributed by atoms with Crippen molar-refractivity contribution in [2.45, 2.75) is 19.9 Å². The smallest absolute Gasteiger partial charge is 0.213 e.